The molecule has 3 nitrogen and oxygen atoms in total. The lowest BCUT2D eigenvalue weighted by atomic mass is 9.47. The van der Waals surface area contributed by atoms with Gasteiger partial charge < -0.3 is 4.79 Å². The van der Waals surface area contributed by atoms with E-state index in [1.807, 2.05) is 0 Å². The van der Waals surface area contributed by atoms with Crippen LogP contribution in [0.2, 0.25) is 0 Å². The van der Waals surface area contributed by atoms with Crippen molar-refractivity contribution < 1.29 is 14.4 Å². The molecule has 0 spiro atoms. The van der Waals surface area contributed by atoms with Crippen LogP contribution in [0.1, 0.15) is 58.3 Å². The molecule has 4 aliphatic rings. The van der Waals surface area contributed by atoms with E-state index in [-0.39, 0.29) is 11.2 Å². The van der Waals surface area contributed by atoms with Crippen molar-refractivity contribution in [2.24, 2.45) is 28.6 Å². The normalized spacial score (nSPS) is 47.3. The second-order valence-corrected chi connectivity index (χ2v) is 8.13. The number of hydrogen-bond donors (Lipinski definition) is 0. The molecule has 3 fully saturated rings. The minimum absolute atomic E-state index is 0.142. The molecule has 0 saturated heterocycles. The van der Waals surface area contributed by atoms with E-state index in [0.717, 1.165) is 50.4 Å². The SMILES string of the molecule is C[C@]12CC[C@H]3[C@@H](CCC4=CC(=O)CC[C@@]43C=O)[C@@H]1CCC2=O. The standard InChI is InChI=1S/C19H24O3/c1-18-8-7-16-14(15(18)4-5-17(18)22)3-2-12-10-13(21)6-9-19(12,16)11-20/h10-11,14-16H,2-9H2,1H3/t14-,15-,16-,18-,19+/m0/s1. The summed E-state index contributed by atoms with van der Waals surface area (Å²) in [5.74, 6) is 1.91. The zero-order valence-corrected chi connectivity index (χ0v) is 13.3. The second-order valence-electron chi connectivity index (χ2n) is 8.13. The van der Waals surface area contributed by atoms with Crippen molar-refractivity contribution in [3.63, 3.8) is 0 Å². The van der Waals surface area contributed by atoms with Crippen LogP contribution < -0.4 is 0 Å². The highest BCUT2D eigenvalue weighted by Gasteiger charge is 2.60. The van der Waals surface area contributed by atoms with Gasteiger partial charge in [0.25, 0.3) is 0 Å². The fourth-order valence-electron chi connectivity index (χ4n) is 6.26. The highest BCUT2D eigenvalue weighted by molar-refractivity contribution is 5.93. The largest absolute Gasteiger partial charge is 0.302 e. The molecule has 3 heteroatoms. The summed E-state index contributed by atoms with van der Waals surface area (Å²) in [6.45, 7) is 2.16. The van der Waals surface area contributed by atoms with E-state index in [9.17, 15) is 14.4 Å². The van der Waals surface area contributed by atoms with Crippen LogP contribution in [0.25, 0.3) is 0 Å². The van der Waals surface area contributed by atoms with E-state index in [2.05, 4.69) is 6.92 Å². The summed E-state index contributed by atoms with van der Waals surface area (Å²) in [6.07, 6.45) is 9.65. The van der Waals surface area contributed by atoms with Crippen molar-refractivity contribution in [3.05, 3.63) is 11.6 Å². The third-order valence-electron chi connectivity index (χ3n) is 7.48. The number of hydrogen-bond acceptors (Lipinski definition) is 3. The molecule has 5 atom stereocenters. The Bertz CT molecular complexity index is 589. The average molecular weight is 300 g/mol. The van der Waals surface area contributed by atoms with Gasteiger partial charge in [0.05, 0.1) is 5.41 Å². The van der Waals surface area contributed by atoms with Crippen LogP contribution >= 0.6 is 0 Å². The Balaban J connectivity index is 1.74. The molecule has 0 aliphatic heterocycles. The Morgan fingerprint density at radius 2 is 1.86 bits per heavy atom. The quantitative estimate of drug-likeness (QED) is 0.698. The molecule has 0 aromatic rings. The van der Waals surface area contributed by atoms with Crippen LogP contribution in [0, 0.1) is 28.6 Å². The zero-order valence-electron chi connectivity index (χ0n) is 13.3. The van der Waals surface area contributed by atoms with E-state index >= 15 is 0 Å². The molecule has 4 rings (SSSR count). The number of fused-ring (bicyclic) bond motifs is 5. The summed E-state index contributed by atoms with van der Waals surface area (Å²) in [4.78, 5) is 36.2. The van der Waals surface area contributed by atoms with E-state index < -0.39 is 5.41 Å². The molecule has 0 heterocycles. The molecule has 3 saturated carbocycles. The van der Waals surface area contributed by atoms with Crippen molar-refractivity contribution >= 4 is 17.9 Å². The first-order valence-electron chi connectivity index (χ1n) is 8.75. The van der Waals surface area contributed by atoms with Gasteiger partial charge in [-0.25, -0.2) is 0 Å². The highest BCUT2D eigenvalue weighted by Crippen LogP contribution is 2.63. The maximum atomic E-state index is 12.4. The summed E-state index contributed by atoms with van der Waals surface area (Å²) in [5.41, 5.74) is 0.550. The van der Waals surface area contributed by atoms with Crippen molar-refractivity contribution in [1.82, 2.24) is 0 Å². The van der Waals surface area contributed by atoms with Gasteiger partial charge in [0.1, 0.15) is 12.1 Å². The molecule has 0 aromatic heterocycles. The van der Waals surface area contributed by atoms with Gasteiger partial charge in [-0.3, -0.25) is 9.59 Å². The molecule has 4 aliphatic carbocycles. The van der Waals surface area contributed by atoms with Crippen molar-refractivity contribution in [2.75, 3.05) is 0 Å². The summed E-state index contributed by atoms with van der Waals surface area (Å²) in [7, 11) is 0. The first kappa shape index (κ1) is 14.3. The van der Waals surface area contributed by atoms with Gasteiger partial charge in [0.2, 0.25) is 0 Å². The molecule has 0 aromatic carbocycles. The van der Waals surface area contributed by atoms with Crippen LogP contribution in [0.5, 0.6) is 0 Å². The number of rotatable bonds is 1. The summed E-state index contributed by atoms with van der Waals surface area (Å²) in [5, 5.41) is 0. The molecule has 0 radical (unpaired) electrons. The molecule has 0 unspecified atom stereocenters. The maximum absolute atomic E-state index is 12.4. The predicted molar refractivity (Wildman–Crippen MR) is 82.1 cm³/mol. The Labute approximate surface area is 131 Å². The van der Waals surface area contributed by atoms with E-state index in [1.165, 1.54) is 0 Å². The van der Waals surface area contributed by atoms with E-state index in [4.69, 9.17) is 0 Å². The summed E-state index contributed by atoms with van der Waals surface area (Å²) in [6, 6.07) is 0. The number of ketones is 2. The van der Waals surface area contributed by atoms with Crippen LogP contribution in [0.15, 0.2) is 11.6 Å². The summed E-state index contributed by atoms with van der Waals surface area (Å²) < 4.78 is 0. The third kappa shape index (κ3) is 1.65. The molecular weight excluding hydrogens is 276 g/mol. The predicted octanol–water partition coefficient (Wildman–Crippen LogP) is 3.27. The van der Waals surface area contributed by atoms with E-state index in [0.29, 0.717) is 36.4 Å². The topological polar surface area (TPSA) is 51.2 Å². The fraction of sp³-hybridized carbons (Fsp3) is 0.737. The van der Waals surface area contributed by atoms with Gasteiger partial charge in [-0.1, -0.05) is 12.5 Å². The number of allylic oxidation sites excluding steroid dienone is 1. The molecular formula is C19H24O3. The highest BCUT2D eigenvalue weighted by atomic mass is 16.1. The first-order chi connectivity index (χ1) is 10.5. The molecule has 0 N–H and O–H groups in total. The van der Waals surface area contributed by atoms with Crippen LogP contribution in [0.4, 0.5) is 0 Å². The second kappa shape index (κ2) is 4.62. The van der Waals surface area contributed by atoms with E-state index in [1.54, 1.807) is 6.08 Å². The van der Waals surface area contributed by atoms with Crippen LogP contribution in [0.3, 0.4) is 0 Å². The minimum Gasteiger partial charge on any atom is -0.302 e. The molecule has 118 valence electrons. The molecule has 0 bridgehead atoms. The smallest absolute Gasteiger partial charge is 0.155 e. The van der Waals surface area contributed by atoms with Gasteiger partial charge in [-0.05, 0) is 62.4 Å². The maximum Gasteiger partial charge on any atom is 0.155 e. The zero-order chi connectivity index (χ0) is 15.5. The Hall–Kier alpha value is -1.25. The number of carbonyl (C=O) groups excluding carboxylic acids is 3. The molecule has 22 heavy (non-hydrogen) atoms. The van der Waals surface area contributed by atoms with Gasteiger partial charge in [0.15, 0.2) is 5.78 Å². The fourth-order valence-corrected chi connectivity index (χ4v) is 6.26. The number of aldehydes is 1. The Kier molecular flexibility index (Phi) is 3.02. The lowest BCUT2D eigenvalue weighted by molar-refractivity contribution is -0.135. The van der Waals surface area contributed by atoms with Gasteiger partial charge in [-0.15, -0.1) is 0 Å². The number of Topliss-reactive ketones (excluding diaryl/α,β-unsaturated/α-hetero) is 1. The number of carbonyl (C=O) groups is 3. The lowest BCUT2D eigenvalue weighted by Gasteiger charge is -2.55. The van der Waals surface area contributed by atoms with Gasteiger partial charge >= 0.3 is 0 Å². The van der Waals surface area contributed by atoms with Crippen LogP contribution in [-0.4, -0.2) is 17.9 Å². The minimum atomic E-state index is -0.399. The van der Waals surface area contributed by atoms with Crippen molar-refractivity contribution in [2.45, 2.75) is 58.3 Å². The Morgan fingerprint density at radius 3 is 2.64 bits per heavy atom. The van der Waals surface area contributed by atoms with Crippen molar-refractivity contribution in [1.29, 1.82) is 0 Å². The molecule has 0 amide bonds. The Morgan fingerprint density at radius 1 is 1.05 bits per heavy atom. The van der Waals surface area contributed by atoms with Crippen LogP contribution in [-0.2, 0) is 14.4 Å². The first-order valence-corrected chi connectivity index (χ1v) is 8.75. The third-order valence-corrected chi connectivity index (χ3v) is 7.48. The lowest BCUT2D eigenvalue weighted by Crippen LogP contribution is -2.52. The summed E-state index contributed by atoms with van der Waals surface area (Å²) >= 11 is 0. The van der Waals surface area contributed by atoms with Gasteiger partial charge in [0, 0.05) is 18.3 Å². The van der Waals surface area contributed by atoms with Gasteiger partial charge in [-0.2, -0.15) is 0 Å². The monoisotopic (exact) mass is 300 g/mol. The van der Waals surface area contributed by atoms with Crippen molar-refractivity contribution in [3.8, 4) is 0 Å². The average Bonchev–Trinajstić information content (AvgIpc) is 2.82.